The van der Waals surface area contributed by atoms with Gasteiger partial charge in [0.1, 0.15) is 11.2 Å². The van der Waals surface area contributed by atoms with Crippen molar-refractivity contribution in [1.29, 1.82) is 0 Å². The van der Waals surface area contributed by atoms with Gasteiger partial charge in [-0.25, -0.2) is 9.97 Å². The molecule has 0 radical (unpaired) electrons. The number of nitrogens with zero attached hydrogens (tertiary/aromatic N) is 2. The third-order valence-electron chi connectivity index (χ3n) is 3.14. The molecule has 21 heavy (non-hydrogen) atoms. The number of fused-ring (bicyclic) bond motifs is 1. The first-order valence-electron chi connectivity index (χ1n) is 7.06. The molecule has 0 aliphatic rings. The lowest BCUT2D eigenvalue weighted by molar-refractivity contribution is 0.124. The van der Waals surface area contributed by atoms with Crippen LogP contribution in [0.4, 0.5) is 0 Å². The summed E-state index contributed by atoms with van der Waals surface area (Å²) in [4.78, 5) is 11.9. The summed E-state index contributed by atoms with van der Waals surface area (Å²) in [5.41, 5.74) is 3.08. The number of aromatic nitrogens is 3. The Balaban J connectivity index is 1.79. The number of pyridine rings is 2. The lowest BCUT2D eigenvalue weighted by atomic mass is 10.1. The molecule has 0 aliphatic carbocycles. The van der Waals surface area contributed by atoms with Crippen molar-refractivity contribution in [2.75, 3.05) is 0 Å². The highest BCUT2D eigenvalue weighted by Gasteiger charge is 2.12. The molecular formula is C17H19N3O. The molecule has 0 spiro atoms. The van der Waals surface area contributed by atoms with Gasteiger partial charge in [0.2, 0.25) is 5.88 Å². The zero-order chi connectivity index (χ0) is 14.9. The number of hydrogen-bond donors (Lipinski definition) is 1. The highest BCUT2D eigenvalue weighted by atomic mass is 16.5. The summed E-state index contributed by atoms with van der Waals surface area (Å²) >= 11 is 0. The molecule has 0 bridgehead atoms. The van der Waals surface area contributed by atoms with Crippen LogP contribution in [0.15, 0.2) is 42.9 Å². The minimum Gasteiger partial charge on any atom is -0.472 e. The summed E-state index contributed by atoms with van der Waals surface area (Å²) < 4.78 is 5.73. The number of aromatic amines is 1. The van der Waals surface area contributed by atoms with Crippen molar-refractivity contribution in [2.45, 2.75) is 32.8 Å². The van der Waals surface area contributed by atoms with E-state index in [0.717, 1.165) is 23.0 Å². The largest absolute Gasteiger partial charge is 0.472 e. The molecule has 0 saturated heterocycles. The fraction of sp³-hybridized carbons (Fsp3) is 0.294. The van der Waals surface area contributed by atoms with E-state index in [-0.39, 0.29) is 5.60 Å². The Morgan fingerprint density at radius 3 is 2.71 bits per heavy atom. The van der Waals surface area contributed by atoms with Crippen LogP contribution in [0.2, 0.25) is 0 Å². The van der Waals surface area contributed by atoms with Crippen LogP contribution in [0.5, 0.6) is 5.88 Å². The Morgan fingerprint density at radius 2 is 2.00 bits per heavy atom. The van der Waals surface area contributed by atoms with E-state index in [0.29, 0.717) is 5.88 Å². The highest BCUT2D eigenvalue weighted by Crippen LogP contribution is 2.20. The Labute approximate surface area is 124 Å². The van der Waals surface area contributed by atoms with Crippen LogP contribution in [0.25, 0.3) is 11.0 Å². The van der Waals surface area contributed by atoms with Crippen LogP contribution in [-0.4, -0.2) is 20.6 Å². The van der Waals surface area contributed by atoms with Gasteiger partial charge in [-0.15, -0.1) is 0 Å². The van der Waals surface area contributed by atoms with Crippen molar-refractivity contribution in [3.05, 3.63) is 54.0 Å². The molecule has 3 aromatic rings. The van der Waals surface area contributed by atoms with Gasteiger partial charge < -0.3 is 9.72 Å². The molecule has 4 nitrogen and oxygen atoms in total. The average molecular weight is 281 g/mol. The van der Waals surface area contributed by atoms with E-state index in [1.807, 2.05) is 45.3 Å². The molecular weight excluding hydrogens is 262 g/mol. The Hall–Kier alpha value is -2.36. The van der Waals surface area contributed by atoms with Gasteiger partial charge in [0.05, 0.1) is 0 Å². The quantitative estimate of drug-likeness (QED) is 0.796. The van der Waals surface area contributed by atoms with Gasteiger partial charge in [-0.2, -0.15) is 0 Å². The molecule has 0 fully saturated rings. The van der Waals surface area contributed by atoms with E-state index in [1.54, 1.807) is 6.20 Å². The van der Waals surface area contributed by atoms with Crippen molar-refractivity contribution >= 4 is 11.0 Å². The minimum absolute atomic E-state index is 0.225. The Kier molecular flexibility index (Phi) is 3.37. The van der Waals surface area contributed by atoms with E-state index in [1.165, 1.54) is 5.56 Å². The van der Waals surface area contributed by atoms with Crippen molar-refractivity contribution in [2.24, 2.45) is 0 Å². The third-order valence-corrected chi connectivity index (χ3v) is 3.14. The molecule has 0 aliphatic heterocycles. The molecule has 0 amide bonds. The second kappa shape index (κ2) is 5.20. The number of rotatable bonds is 3. The van der Waals surface area contributed by atoms with Crippen LogP contribution in [0.1, 0.15) is 31.9 Å². The number of H-pyrrole nitrogens is 1. The third kappa shape index (κ3) is 3.21. The maximum absolute atomic E-state index is 5.73. The van der Waals surface area contributed by atoms with Crippen LogP contribution >= 0.6 is 0 Å². The fourth-order valence-corrected chi connectivity index (χ4v) is 2.27. The number of nitrogens with one attached hydrogen (secondary N) is 1. The normalized spacial score (nSPS) is 11.8. The minimum atomic E-state index is -0.225. The maximum atomic E-state index is 5.73. The van der Waals surface area contributed by atoms with E-state index in [2.05, 4.69) is 27.1 Å². The number of ether oxygens (including phenoxy) is 1. The topological polar surface area (TPSA) is 50.8 Å². The first-order chi connectivity index (χ1) is 10.0. The van der Waals surface area contributed by atoms with E-state index in [9.17, 15) is 0 Å². The van der Waals surface area contributed by atoms with E-state index >= 15 is 0 Å². The first kappa shape index (κ1) is 13.6. The Bertz CT molecular complexity index is 739. The van der Waals surface area contributed by atoms with Crippen molar-refractivity contribution in [3.63, 3.8) is 0 Å². The van der Waals surface area contributed by atoms with E-state index in [4.69, 9.17) is 4.74 Å². The molecule has 3 aromatic heterocycles. The summed E-state index contributed by atoms with van der Waals surface area (Å²) in [6.45, 7) is 6.05. The number of hydrogen-bond acceptors (Lipinski definition) is 3. The standard InChI is InChI=1S/C17H19N3O/c1-17(2,3)21-15-7-6-12(10-19-15)9-13-11-20-16-14(13)5-4-8-18-16/h4-8,10-11H,9H2,1-3H3,(H,18,20). The van der Waals surface area contributed by atoms with Crippen molar-refractivity contribution in [3.8, 4) is 5.88 Å². The van der Waals surface area contributed by atoms with Gasteiger partial charge in [0.15, 0.2) is 0 Å². The molecule has 3 heterocycles. The molecule has 1 N–H and O–H groups in total. The second-order valence-electron chi connectivity index (χ2n) is 6.11. The van der Waals surface area contributed by atoms with Crippen molar-refractivity contribution in [1.82, 2.24) is 15.0 Å². The van der Waals surface area contributed by atoms with Gasteiger partial charge in [-0.3, -0.25) is 0 Å². The molecule has 0 unspecified atom stereocenters. The SMILES string of the molecule is CC(C)(C)Oc1ccc(Cc2c[nH]c3ncccc23)cn1. The predicted octanol–water partition coefficient (Wildman–Crippen LogP) is 3.73. The Morgan fingerprint density at radius 1 is 1.14 bits per heavy atom. The molecule has 0 atom stereocenters. The predicted molar refractivity (Wildman–Crippen MR) is 83.5 cm³/mol. The average Bonchev–Trinajstić information content (AvgIpc) is 2.83. The first-order valence-corrected chi connectivity index (χ1v) is 7.06. The van der Waals surface area contributed by atoms with Gasteiger partial charge in [0.25, 0.3) is 0 Å². The second-order valence-corrected chi connectivity index (χ2v) is 6.11. The van der Waals surface area contributed by atoms with Gasteiger partial charge in [-0.1, -0.05) is 6.07 Å². The molecule has 3 rings (SSSR count). The summed E-state index contributed by atoms with van der Waals surface area (Å²) in [6, 6.07) is 8.02. The zero-order valence-corrected chi connectivity index (χ0v) is 12.6. The molecule has 4 heteroatoms. The van der Waals surface area contributed by atoms with Crippen LogP contribution in [-0.2, 0) is 6.42 Å². The fourth-order valence-electron chi connectivity index (χ4n) is 2.27. The summed E-state index contributed by atoms with van der Waals surface area (Å²) in [7, 11) is 0. The van der Waals surface area contributed by atoms with E-state index < -0.39 is 0 Å². The molecule has 0 aromatic carbocycles. The van der Waals surface area contributed by atoms with Crippen molar-refractivity contribution < 1.29 is 4.74 Å². The maximum Gasteiger partial charge on any atom is 0.213 e. The smallest absolute Gasteiger partial charge is 0.213 e. The van der Waals surface area contributed by atoms with Crippen LogP contribution < -0.4 is 4.74 Å². The summed E-state index contributed by atoms with van der Waals surface area (Å²) in [5.74, 6) is 0.659. The van der Waals surface area contributed by atoms with Crippen LogP contribution in [0, 0.1) is 0 Å². The van der Waals surface area contributed by atoms with Gasteiger partial charge in [-0.05, 0) is 44.0 Å². The zero-order valence-electron chi connectivity index (χ0n) is 12.6. The lowest BCUT2D eigenvalue weighted by Gasteiger charge is -2.20. The molecule has 0 saturated carbocycles. The summed E-state index contributed by atoms with van der Waals surface area (Å²) in [6.07, 6.45) is 6.50. The van der Waals surface area contributed by atoms with Gasteiger partial charge in [0, 0.05) is 36.5 Å². The highest BCUT2D eigenvalue weighted by molar-refractivity contribution is 5.79. The van der Waals surface area contributed by atoms with Crippen LogP contribution in [0.3, 0.4) is 0 Å². The molecule has 108 valence electrons. The summed E-state index contributed by atoms with van der Waals surface area (Å²) in [5, 5.41) is 1.16. The monoisotopic (exact) mass is 281 g/mol. The van der Waals surface area contributed by atoms with Gasteiger partial charge >= 0.3 is 0 Å². The lowest BCUT2D eigenvalue weighted by Crippen LogP contribution is -2.23.